The number of hydrogen-bond acceptors (Lipinski definition) is 4. The van der Waals surface area contributed by atoms with Crippen LogP contribution in [-0.2, 0) is 7.05 Å². The van der Waals surface area contributed by atoms with Crippen LogP contribution in [-0.4, -0.2) is 35.3 Å². The molecule has 1 saturated heterocycles. The van der Waals surface area contributed by atoms with Gasteiger partial charge in [-0.25, -0.2) is 0 Å². The summed E-state index contributed by atoms with van der Waals surface area (Å²) in [6.45, 7) is 4.94. The van der Waals surface area contributed by atoms with Crippen molar-refractivity contribution in [1.29, 1.82) is 0 Å². The van der Waals surface area contributed by atoms with Gasteiger partial charge < -0.3 is 10.6 Å². The zero-order valence-electron chi connectivity index (χ0n) is 11.9. The predicted octanol–water partition coefficient (Wildman–Crippen LogP) is 1.67. The average molecular weight is 292 g/mol. The molecule has 3 heterocycles. The van der Waals surface area contributed by atoms with E-state index < -0.39 is 0 Å². The van der Waals surface area contributed by atoms with E-state index in [0.717, 1.165) is 46.8 Å². The van der Waals surface area contributed by atoms with Crippen LogP contribution in [0.1, 0.15) is 28.2 Å². The Morgan fingerprint density at radius 1 is 1.65 bits per heavy atom. The molecule has 2 aromatic rings. The molecule has 1 aliphatic heterocycles. The van der Waals surface area contributed by atoms with E-state index in [1.807, 2.05) is 24.7 Å². The maximum atomic E-state index is 12.2. The number of nitrogens with one attached hydrogen (secondary N) is 2. The molecule has 2 aromatic heterocycles. The highest BCUT2D eigenvalue weighted by atomic mass is 32.1. The van der Waals surface area contributed by atoms with Crippen LogP contribution < -0.4 is 10.6 Å². The summed E-state index contributed by atoms with van der Waals surface area (Å²) in [6, 6.07) is 1.95. The number of carbonyl (C=O) groups is 1. The van der Waals surface area contributed by atoms with E-state index in [1.165, 1.54) is 17.8 Å². The monoisotopic (exact) mass is 292 g/mol. The fourth-order valence-corrected chi connectivity index (χ4v) is 3.79. The molecular formula is C14H20N4OS. The maximum absolute atomic E-state index is 12.2. The minimum atomic E-state index is 0.0385. The molecule has 1 fully saturated rings. The Morgan fingerprint density at radius 3 is 3.20 bits per heavy atom. The smallest absolute Gasteiger partial charge is 0.261 e. The van der Waals surface area contributed by atoms with Gasteiger partial charge in [0.2, 0.25) is 0 Å². The Balaban J connectivity index is 1.61. The topological polar surface area (TPSA) is 59.0 Å². The third kappa shape index (κ3) is 2.58. The van der Waals surface area contributed by atoms with Gasteiger partial charge >= 0.3 is 0 Å². The van der Waals surface area contributed by atoms with Gasteiger partial charge in [-0.3, -0.25) is 9.48 Å². The Bertz CT molecular complexity index is 590. The largest absolute Gasteiger partial charge is 0.351 e. The van der Waals surface area contributed by atoms with Crippen molar-refractivity contribution >= 4 is 27.5 Å². The molecule has 20 heavy (non-hydrogen) atoms. The molecule has 1 aliphatic rings. The molecule has 1 unspecified atom stereocenters. The van der Waals surface area contributed by atoms with Crippen molar-refractivity contribution in [3.8, 4) is 0 Å². The summed E-state index contributed by atoms with van der Waals surface area (Å²) in [5.74, 6) is 0.751. The minimum absolute atomic E-state index is 0.0385. The molecule has 0 aromatic carbocycles. The van der Waals surface area contributed by atoms with Crippen molar-refractivity contribution < 1.29 is 4.79 Å². The molecule has 2 N–H and O–H groups in total. The molecule has 5 nitrogen and oxygen atoms in total. The number of nitrogens with zero attached hydrogens (tertiary/aromatic N) is 2. The first-order valence-corrected chi connectivity index (χ1v) is 7.89. The van der Waals surface area contributed by atoms with Crippen molar-refractivity contribution in [2.75, 3.05) is 19.6 Å². The Labute approximate surface area is 122 Å². The zero-order chi connectivity index (χ0) is 14.1. The van der Waals surface area contributed by atoms with Gasteiger partial charge in [-0.1, -0.05) is 0 Å². The number of fused-ring (bicyclic) bond motifs is 1. The number of carbonyl (C=O) groups excluding carboxylic acids is 1. The molecule has 0 bridgehead atoms. The molecule has 6 heteroatoms. The molecular weight excluding hydrogens is 272 g/mol. The van der Waals surface area contributed by atoms with Gasteiger partial charge in [-0.15, -0.1) is 11.3 Å². The van der Waals surface area contributed by atoms with Crippen LogP contribution in [0.3, 0.4) is 0 Å². The van der Waals surface area contributed by atoms with Gasteiger partial charge in [-0.05, 0) is 44.8 Å². The Hall–Kier alpha value is -1.40. The van der Waals surface area contributed by atoms with Crippen molar-refractivity contribution in [2.24, 2.45) is 13.0 Å². The lowest BCUT2D eigenvalue weighted by atomic mass is 10.1. The number of amides is 1. The highest BCUT2D eigenvalue weighted by molar-refractivity contribution is 7.20. The van der Waals surface area contributed by atoms with Gasteiger partial charge in [0.05, 0.1) is 10.6 Å². The van der Waals surface area contributed by atoms with Gasteiger partial charge in [0.25, 0.3) is 5.91 Å². The fraction of sp³-hybridized carbons (Fsp3) is 0.571. The Kier molecular flexibility index (Phi) is 3.76. The van der Waals surface area contributed by atoms with Crippen LogP contribution in [0.2, 0.25) is 0 Å². The van der Waals surface area contributed by atoms with Gasteiger partial charge in [0, 0.05) is 19.0 Å². The van der Waals surface area contributed by atoms with Crippen LogP contribution in [0.25, 0.3) is 10.2 Å². The van der Waals surface area contributed by atoms with Crippen LogP contribution in [0, 0.1) is 12.8 Å². The summed E-state index contributed by atoms with van der Waals surface area (Å²) >= 11 is 1.51. The number of thiophene rings is 1. The van der Waals surface area contributed by atoms with E-state index in [1.54, 1.807) is 0 Å². The first-order valence-electron chi connectivity index (χ1n) is 7.07. The van der Waals surface area contributed by atoms with E-state index >= 15 is 0 Å². The minimum Gasteiger partial charge on any atom is -0.351 e. The maximum Gasteiger partial charge on any atom is 0.261 e. The summed E-state index contributed by atoms with van der Waals surface area (Å²) in [4.78, 5) is 14.0. The van der Waals surface area contributed by atoms with E-state index in [0.29, 0.717) is 5.92 Å². The first-order chi connectivity index (χ1) is 9.65. The summed E-state index contributed by atoms with van der Waals surface area (Å²) in [7, 11) is 1.92. The van der Waals surface area contributed by atoms with E-state index in [-0.39, 0.29) is 5.91 Å². The second-order valence-electron chi connectivity index (χ2n) is 5.44. The van der Waals surface area contributed by atoms with Crippen molar-refractivity contribution in [2.45, 2.75) is 19.8 Å². The summed E-state index contributed by atoms with van der Waals surface area (Å²) < 4.78 is 1.84. The molecule has 0 aliphatic carbocycles. The second kappa shape index (κ2) is 5.54. The van der Waals surface area contributed by atoms with Gasteiger partial charge in [0.15, 0.2) is 0 Å². The van der Waals surface area contributed by atoms with Crippen molar-refractivity contribution in [3.63, 3.8) is 0 Å². The second-order valence-corrected chi connectivity index (χ2v) is 6.47. The molecule has 0 saturated carbocycles. The molecule has 108 valence electrons. The third-order valence-electron chi connectivity index (χ3n) is 3.92. The Morgan fingerprint density at radius 2 is 2.50 bits per heavy atom. The molecule has 3 rings (SSSR count). The molecule has 0 radical (unpaired) electrons. The number of aromatic nitrogens is 2. The van der Waals surface area contributed by atoms with Crippen LogP contribution in [0.15, 0.2) is 6.07 Å². The fourth-order valence-electron chi connectivity index (χ4n) is 2.75. The van der Waals surface area contributed by atoms with E-state index in [9.17, 15) is 4.79 Å². The molecule has 1 atom stereocenters. The standard InChI is InChI=1S/C14H20N4OS/c1-9-11-7-12(20-14(11)18(2)17-9)13(19)16-6-4-10-3-5-15-8-10/h7,10,15H,3-6,8H2,1-2H3,(H,16,19). The molecule has 1 amide bonds. The predicted molar refractivity (Wildman–Crippen MR) is 81.3 cm³/mol. The van der Waals surface area contributed by atoms with Gasteiger partial charge in [0.1, 0.15) is 4.83 Å². The zero-order valence-corrected chi connectivity index (χ0v) is 12.7. The lowest BCUT2D eigenvalue weighted by Crippen LogP contribution is -2.25. The van der Waals surface area contributed by atoms with Crippen molar-refractivity contribution in [1.82, 2.24) is 20.4 Å². The molecule has 0 spiro atoms. The summed E-state index contributed by atoms with van der Waals surface area (Å²) in [6.07, 6.45) is 2.29. The lowest BCUT2D eigenvalue weighted by molar-refractivity contribution is 0.0956. The first kappa shape index (κ1) is 13.6. The number of hydrogen-bond donors (Lipinski definition) is 2. The van der Waals surface area contributed by atoms with Crippen molar-refractivity contribution in [3.05, 3.63) is 16.6 Å². The normalized spacial score (nSPS) is 18.8. The van der Waals surface area contributed by atoms with Crippen LogP contribution in [0.5, 0.6) is 0 Å². The van der Waals surface area contributed by atoms with Crippen LogP contribution >= 0.6 is 11.3 Å². The highest BCUT2D eigenvalue weighted by Gasteiger charge is 2.17. The number of aryl methyl sites for hydroxylation is 2. The third-order valence-corrected chi connectivity index (χ3v) is 5.12. The van der Waals surface area contributed by atoms with Crippen LogP contribution in [0.4, 0.5) is 0 Å². The average Bonchev–Trinajstić information content (AvgIpc) is 3.11. The SMILES string of the molecule is Cc1nn(C)c2sc(C(=O)NCCC3CCNC3)cc12. The quantitative estimate of drug-likeness (QED) is 0.901. The highest BCUT2D eigenvalue weighted by Crippen LogP contribution is 2.27. The van der Waals surface area contributed by atoms with E-state index in [2.05, 4.69) is 15.7 Å². The van der Waals surface area contributed by atoms with E-state index in [4.69, 9.17) is 0 Å². The number of rotatable bonds is 4. The summed E-state index contributed by atoms with van der Waals surface area (Å²) in [5, 5.41) is 11.8. The summed E-state index contributed by atoms with van der Waals surface area (Å²) in [5.41, 5.74) is 0.981. The van der Waals surface area contributed by atoms with Gasteiger partial charge in [-0.2, -0.15) is 5.10 Å². The lowest BCUT2D eigenvalue weighted by Gasteiger charge is -2.08.